The minimum atomic E-state index is -0.836. The summed E-state index contributed by atoms with van der Waals surface area (Å²) in [5.74, 6) is 0.431. The number of carbonyl (C=O) groups is 2. The van der Waals surface area contributed by atoms with Gasteiger partial charge in [-0.2, -0.15) is 0 Å². The van der Waals surface area contributed by atoms with Gasteiger partial charge < -0.3 is 15.0 Å². The monoisotopic (exact) mass is 419 g/mol. The van der Waals surface area contributed by atoms with Crippen LogP contribution < -0.4 is 15.0 Å². The van der Waals surface area contributed by atoms with Crippen LogP contribution in [0.3, 0.4) is 0 Å². The molecule has 0 aromatic heterocycles. The summed E-state index contributed by atoms with van der Waals surface area (Å²) in [6.45, 7) is 1.56. The van der Waals surface area contributed by atoms with Gasteiger partial charge in [-0.1, -0.05) is 24.3 Å². The lowest BCUT2D eigenvalue weighted by molar-refractivity contribution is -0.384. The minimum absolute atomic E-state index is 0.110. The molecule has 0 saturated heterocycles. The number of rotatable bonds is 7. The molecule has 158 valence electrons. The first-order chi connectivity index (χ1) is 14.8. The molecule has 1 atom stereocenters. The Morgan fingerprint density at radius 2 is 1.61 bits per heavy atom. The summed E-state index contributed by atoms with van der Waals surface area (Å²) in [7, 11) is 1.60. The van der Waals surface area contributed by atoms with Gasteiger partial charge in [-0.05, 0) is 49.4 Å². The van der Waals surface area contributed by atoms with Crippen LogP contribution in [0.15, 0.2) is 78.9 Å². The molecule has 3 rings (SSSR count). The first kappa shape index (κ1) is 21.5. The average molecular weight is 419 g/mol. The smallest absolute Gasteiger partial charge is 0.270 e. The molecule has 0 heterocycles. The second-order valence-electron chi connectivity index (χ2n) is 6.81. The number of nitro groups is 1. The van der Waals surface area contributed by atoms with Crippen molar-refractivity contribution >= 4 is 23.2 Å². The molecule has 2 amide bonds. The number of anilines is 1. The minimum Gasteiger partial charge on any atom is -0.457 e. The summed E-state index contributed by atoms with van der Waals surface area (Å²) >= 11 is 0. The van der Waals surface area contributed by atoms with Crippen molar-refractivity contribution in [2.45, 2.75) is 13.0 Å². The Morgan fingerprint density at radius 3 is 2.26 bits per heavy atom. The van der Waals surface area contributed by atoms with Crippen LogP contribution in [0, 0.1) is 10.1 Å². The number of hydrogen-bond donors (Lipinski definition) is 1. The van der Waals surface area contributed by atoms with E-state index < -0.39 is 16.9 Å². The highest BCUT2D eigenvalue weighted by atomic mass is 16.6. The third kappa shape index (κ3) is 5.45. The molecule has 0 fully saturated rings. The molecule has 0 bridgehead atoms. The number of ether oxygens (including phenoxy) is 1. The Labute approximate surface area is 179 Å². The van der Waals surface area contributed by atoms with Gasteiger partial charge in [0.15, 0.2) is 0 Å². The number of nitrogens with zero attached hydrogens (tertiary/aromatic N) is 2. The van der Waals surface area contributed by atoms with Crippen LogP contribution in [0.5, 0.6) is 11.5 Å². The Balaban J connectivity index is 1.63. The molecule has 0 saturated carbocycles. The quantitative estimate of drug-likeness (QED) is 0.457. The molecule has 0 spiro atoms. The Kier molecular flexibility index (Phi) is 6.61. The van der Waals surface area contributed by atoms with Crippen molar-refractivity contribution in [2.75, 3.05) is 11.9 Å². The van der Waals surface area contributed by atoms with Gasteiger partial charge in [0.25, 0.3) is 11.6 Å². The number of likely N-dealkylation sites (N-methyl/N-ethyl adjacent to an activating group) is 1. The fourth-order valence-corrected chi connectivity index (χ4v) is 2.88. The average Bonchev–Trinajstić information content (AvgIpc) is 2.79. The van der Waals surface area contributed by atoms with E-state index in [2.05, 4.69) is 5.32 Å². The zero-order valence-corrected chi connectivity index (χ0v) is 17.0. The predicted molar refractivity (Wildman–Crippen MR) is 116 cm³/mol. The molecular weight excluding hydrogens is 398 g/mol. The van der Waals surface area contributed by atoms with E-state index in [0.29, 0.717) is 17.2 Å². The van der Waals surface area contributed by atoms with Crippen LogP contribution in [0.2, 0.25) is 0 Å². The fraction of sp³-hybridized carbons (Fsp3) is 0.130. The van der Waals surface area contributed by atoms with Crippen molar-refractivity contribution in [1.82, 2.24) is 5.32 Å². The van der Waals surface area contributed by atoms with Crippen molar-refractivity contribution in [1.29, 1.82) is 0 Å². The second-order valence-corrected chi connectivity index (χ2v) is 6.81. The molecule has 0 radical (unpaired) electrons. The van der Waals surface area contributed by atoms with Gasteiger partial charge >= 0.3 is 0 Å². The number of amides is 2. The molecule has 0 aliphatic carbocycles. The summed E-state index contributed by atoms with van der Waals surface area (Å²) in [5, 5.41) is 13.5. The maximum Gasteiger partial charge on any atom is 0.270 e. The third-order valence-corrected chi connectivity index (χ3v) is 4.57. The van der Waals surface area contributed by atoms with Crippen molar-refractivity contribution < 1.29 is 19.2 Å². The second kappa shape index (κ2) is 9.53. The van der Waals surface area contributed by atoms with Crippen LogP contribution in [-0.4, -0.2) is 29.8 Å². The number of non-ortho nitro benzene ring substituents is 1. The van der Waals surface area contributed by atoms with E-state index in [1.807, 2.05) is 30.3 Å². The van der Waals surface area contributed by atoms with Crippen LogP contribution in [0.1, 0.15) is 17.3 Å². The third-order valence-electron chi connectivity index (χ3n) is 4.57. The molecule has 3 aromatic carbocycles. The van der Waals surface area contributed by atoms with Crippen LogP contribution >= 0.6 is 0 Å². The summed E-state index contributed by atoms with van der Waals surface area (Å²) in [6, 6.07) is 20.8. The van der Waals surface area contributed by atoms with E-state index in [4.69, 9.17) is 4.74 Å². The van der Waals surface area contributed by atoms with Gasteiger partial charge in [0, 0.05) is 30.4 Å². The molecule has 31 heavy (non-hydrogen) atoms. The van der Waals surface area contributed by atoms with Gasteiger partial charge in [-0.25, -0.2) is 0 Å². The summed E-state index contributed by atoms with van der Waals surface area (Å²) in [4.78, 5) is 36.8. The molecule has 8 heteroatoms. The molecule has 0 aliphatic rings. The molecule has 8 nitrogen and oxygen atoms in total. The standard InChI is InChI=1S/C23H21N3O5/c1-16(24-22(27)17-7-6-8-19(15-17)26(29)30)23(28)25(2)18-11-13-21(14-12-18)31-20-9-4-3-5-10-20/h3-16H,1-2H3,(H,24,27). The first-order valence-electron chi connectivity index (χ1n) is 9.51. The highest BCUT2D eigenvalue weighted by molar-refractivity contribution is 6.02. The number of benzene rings is 3. The molecule has 0 aliphatic heterocycles. The number of hydrogen-bond acceptors (Lipinski definition) is 5. The number of para-hydroxylation sites is 1. The normalized spacial score (nSPS) is 11.3. The van der Waals surface area contributed by atoms with Crippen LogP contribution in [-0.2, 0) is 4.79 Å². The zero-order valence-electron chi connectivity index (χ0n) is 17.0. The summed E-state index contributed by atoms with van der Waals surface area (Å²) in [6.07, 6.45) is 0. The van der Waals surface area contributed by atoms with E-state index in [-0.39, 0.29) is 17.2 Å². The Morgan fingerprint density at radius 1 is 0.968 bits per heavy atom. The fourth-order valence-electron chi connectivity index (χ4n) is 2.88. The molecule has 1 N–H and O–H groups in total. The Bertz CT molecular complexity index is 1080. The largest absolute Gasteiger partial charge is 0.457 e. The highest BCUT2D eigenvalue weighted by Crippen LogP contribution is 2.24. The number of carbonyl (C=O) groups excluding carboxylic acids is 2. The highest BCUT2D eigenvalue weighted by Gasteiger charge is 2.22. The van der Waals surface area contributed by atoms with Gasteiger partial charge in [-0.15, -0.1) is 0 Å². The van der Waals surface area contributed by atoms with E-state index in [9.17, 15) is 19.7 Å². The maximum atomic E-state index is 12.7. The SMILES string of the molecule is CC(NC(=O)c1cccc([N+](=O)[O-])c1)C(=O)N(C)c1ccc(Oc2ccccc2)cc1. The van der Waals surface area contributed by atoms with Gasteiger partial charge in [0.1, 0.15) is 17.5 Å². The van der Waals surface area contributed by atoms with Gasteiger partial charge in [-0.3, -0.25) is 19.7 Å². The van der Waals surface area contributed by atoms with Crippen molar-refractivity contribution in [3.05, 3.63) is 94.5 Å². The lowest BCUT2D eigenvalue weighted by atomic mass is 10.1. The maximum absolute atomic E-state index is 12.7. The van der Waals surface area contributed by atoms with E-state index in [1.165, 1.54) is 29.2 Å². The lowest BCUT2D eigenvalue weighted by Crippen LogP contribution is -2.45. The summed E-state index contributed by atoms with van der Waals surface area (Å²) in [5.41, 5.74) is 0.544. The number of nitro benzene ring substituents is 1. The molecule has 3 aromatic rings. The zero-order chi connectivity index (χ0) is 22.4. The topological polar surface area (TPSA) is 102 Å². The van der Waals surface area contributed by atoms with Gasteiger partial charge in [0.05, 0.1) is 4.92 Å². The van der Waals surface area contributed by atoms with Crippen molar-refractivity contribution in [2.24, 2.45) is 0 Å². The molecular formula is C23H21N3O5. The lowest BCUT2D eigenvalue weighted by Gasteiger charge is -2.22. The van der Waals surface area contributed by atoms with E-state index in [0.717, 1.165) is 0 Å². The number of nitrogens with one attached hydrogen (secondary N) is 1. The van der Waals surface area contributed by atoms with Crippen LogP contribution in [0.25, 0.3) is 0 Å². The van der Waals surface area contributed by atoms with Crippen molar-refractivity contribution in [3.63, 3.8) is 0 Å². The summed E-state index contributed by atoms with van der Waals surface area (Å²) < 4.78 is 5.74. The van der Waals surface area contributed by atoms with Gasteiger partial charge in [0.2, 0.25) is 5.91 Å². The van der Waals surface area contributed by atoms with Crippen molar-refractivity contribution in [3.8, 4) is 11.5 Å². The molecule has 1 unspecified atom stereocenters. The van der Waals surface area contributed by atoms with E-state index in [1.54, 1.807) is 38.2 Å². The Hall–Kier alpha value is -4.20. The predicted octanol–water partition coefficient (Wildman–Crippen LogP) is 4.17. The van der Waals surface area contributed by atoms with E-state index >= 15 is 0 Å². The first-order valence-corrected chi connectivity index (χ1v) is 9.51. The van der Waals surface area contributed by atoms with Crippen LogP contribution in [0.4, 0.5) is 11.4 Å².